The van der Waals surface area contributed by atoms with E-state index in [4.69, 9.17) is 16.3 Å². The molecule has 0 radical (unpaired) electrons. The molecule has 3 heterocycles. The van der Waals surface area contributed by atoms with Gasteiger partial charge in [0.15, 0.2) is 0 Å². The second-order valence-corrected chi connectivity index (χ2v) is 9.44. The van der Waals surface area contributed by atoms with Gasteiger partial charge in [0.2, 0.25) is 10.0 Å². The van der Waals surface area contributed by atoms with Crippen molar-refractivity contribution in [3.63, 3.8) is 0 Å². The van der Waals surface area contributed by atoms with Gasteiger partial charge in [-0.2, -0.15) is 4.31 Å². The first kappa shape index (κ1) is 18.7. The molecule has 1 saturated heterocycles. The summed E-state index contributed by atoms with van der Waals surface area (Å²) in [6, 6.07) is 4.67. The Morgan fingerprint density at radius 3 is 2.63 bits per heavy atom. The molecule has 1 aromatic heterocycles. The summed E-state index contributed by atoms with van der Waals surface area (Å²) in [6.07, 6.45) is 5.23. The molecule has 0 N–H and O–H groups in total. The molecule has 1 fully saturated rings. The maximum atomic E-state index is 13.2. The Labute approximate surface area is 164 Å². The fourth-order valence-corrected chi connectivity index (χ4v) is 6.09. The Morgan fingerprint density at radius 1 is 1.19 bits per heavy atom. The summed E-state index contributed by atoms with van der Waals surface area (Å²) >= 11 is 6.04. The zero-order valence-corrected chi connectivity index (χ0v) is 17.0. The van der Waals surface area contributed by atoms with Gasteiger partial charge in [0, 0.05) is 43.6 Å². The van der Waals surface area contributed by atoms with Crippen molar-refractivity contribution >= 4 is 21.6 Å². The highest BCUT2D eigenvalue weighted by Crippen LogP contribution is 2.41. The number of hydrogen-bond donors (Lipinski definition) is 0. The van der Waals surface area contributed by atoms with Crippen LogP contribution in [0.15, 0.2) is 35.5 Å². The van der Waals surface area contributed by atoms with Gasteiger partial charge in [0.25, 0.3) is 0 Å². The summed E-state index contributed by atoms with van der Waals surface area (Å²) in [5.41, 5.74) is -0.216. The number of methoxy groups -OCH3 is 1. The van der Waals surface area contributed by atoms with E-state index >= 15 is 0 Å². The molecule has 27 heavy (non-hydrogen) atoms. The number of imidazole rings is 1. The van der Waals surface area contributed by atoms with E-state index in [-0.39, 0.29) is 10.4 Å². The van der Waals surface area contributed by atoms with Crippen molar-refractivity contribution in [1.82, 2.24) is 18.8 Å². The maximum Gasteiger partial charge on any atom is 0.246 e. The monoisotopic (exact) mass is 410 g/mol. The Hall–Kier alpha value is -1.61. The molecular formula is C18H23ClN4O3S. The standard InChI is InChI=1S/C18H23ClN4O3S/c1-21-11-12-22-10-7-20-17(22)18(21)5-8-23(9-6-18)27(24,25)16-13-14(19)3-4-15(16)26-2/h3-4,7,10,13H,5-6,8-9,11-12H2,1-2H3. The van der Waals surface area contributed by atoms with E-state index in [1.807, 2.05) is 12.4 Å². The van der Waals surface area contributed by atoms with Crippen LogP contribution in [0.2, 0.25) is 5.02 Å². The average molecular weight is 411 g/mol. The van der Waals surface area contributed by atoms with Crippen LogP contribution in [0, 0.1) is 0 Å². The van der Waals surface area contributed by atoms with Crippen LogP contribution < -0.4 is 4.74 Å². The number of ether oxygens (including phenoxy) is 1. The van der Waals surface area contributed by atoms with Gasteiger partial charge >= 0.3 is 0 Å². The van der Waals surface area contributed by atoms with E-state index in [1.165, 1.54) is 17.5 Å². The van der Waals surface area contributed by atoms with Crippen molar-refractivity contribution < 1.29 is 13.2 Å². The molecule has 0 saturated carbocycles. The van der Waals surface area contributed by atoms with Crippen molar-refractivity contribution in [2.45, 2.75) is 29.8 Å². The molecular weight excluding hydrogens is 388 g/mol. The Kier molecular flexibility index (Phi) is 4.70. The van der Waals surface area contributed by atoms with Crippen LogP contribution >= 0.6 is 11.6 Å². The molecule has 2 aromatic rings. The lowest BCUT2D eigenvalue weighted by molar-refractivity contribution is 0.0271. The number of nitrogens with zero attached hydrogens (tertiary/aromatic N) is 4. The second-order valence-electron chi connectivity index (χ2n) is 7.10. The Morgan fingerprint density at radius 2 is 1.93 bits per heavy atom. The molecule has 7 nitrogen and oxygen atoms in total. The Bertz CT molecular complexity index is 951. The molecule has 4 rings (SSSR count). The van der Waals surface area contributed by atoms with E-state index < -0.39 is 10.0 Å². The van der Waals surface area contributed by atoms with Gasteiger partial charge in [-0.1, -0.05) is 11.6 Å². The molecule has 2 aliphatic rings. The summed E-state index contributed by atoms with van der Waals surface area (Å²) in [4.78, 5) is 7.02. The van der Waals surface area contributed by atoms with Crippen LogP contribution in [0.3, 0.4) is 0 Å². The number of sulfonamides is 1. The predicted molar refractivity (Wildman–Crippen MR) is 103 cm³/mol. The molecule has 0 amide bonds. The van der Waals surface area contributed by atoms with E-state index in [0.29, 0.717) is 36.7 Å². The minimum Gasteiger partial charge on any atom is -0.495 e. The van der Waals surface area contributed by atoms with Crippen LogP contribution in [0.25, 0.3) is 0 Å². The molecule has 146 valence electrons. The van der Waals surface area contributed by atoms with Crippen LogP contribution in [-0.4, -0.2) is 61.0 Å². The van der Waals surface area contributed by atoms with E-state index in [9.17, 15) is 8.42 Å². The number of fused-ring (bicyclic) bond motifs is 2. The molecule has 1 spiro atoms. The van der Waals surface area contributed by atoms with Crippen LogP contribution in [0.5, 0.6) is 5.75 Å². The first-order valence-corrected chi connectivity index (χ1v) is 10.8. The molecule has 0 bridgehead atoms. The lowest BCUT2D eigenvalue weighted by atomic mass is 9.84. The third-order valence-electron chi connectivity index (χ3n) is 5.83. The summed E-state index contributed by atoms with van der Waals surface area (Å²) in [7, 11) is -0.124. The van der Waals surface area contributed by atoms with Crippen molar-refractivity contribution in [3.05, 3.63) is 41.4 Å². The van der Waals surface area contributed by atoms with Crippen molar-refractivity contribution in [3.8, 4) is 5.75 Å². The normalized spacial score (nSPS) is 20.6. The summed E-state index contributed by atoms with van der Waals surface area (Å²) in [5, 5.41) is 0.372. The molecule has 0 aliphatic carbocycles. The third-order valence-corrected chi connectivity index (χ3v) is 7.99. The third kappa shape index (κ3) is 2.95. The Balaban J connectivity index is 1.63. The lowest BCUT2D eigenvalue weighted by Gasteiger charge is -2.49. The van der Waals surface area contributed by atoms with Gasteiger partial charge in [-0.05, 0) is 38.1 Å². The van der Waals surface area contributed by atoms with Gasteiger partial charge in [0.05, 0.1) is 12.6 Å². The number of piperidine rings is 1. The van der Waals surface area contributed by atoms with Crippen molar-refractivity contribution in [1.29, 1.82) is 0 Å². The fourth-order valence-electron chi connectivity index (χ4n) is 4.23. The highest BCUT2D eigenvalue weighted by Gasteiger charge is 2.47. The number of rotatable bonds is 3. The number of hydrogen-bond acceptors (Lipinski definition) is 5. The zero-order chi connectivity index (χ0) is 19.2. The van der Waals surface area contributed by atoms with Crippen LogP contribution in [0.4, 0.5) is 0 Å². The van der Waals surface area contributed by atoms with E-state index in [1.54, 1.807) is 12.1 Å². The SMILES string of the molecule is COc1ccc(Cl)cc1S(=O)(=O)N1CCC2(CC1)c1nccn1CCN2C. The van der Waals surface area contributed by atoms with Gasteiger partial charge in [-0.15, -0.1) is 0 Å². The maximum absolute atomic E-state index is 13.2. The quantitative estimate of drug-likeness (QED) is 0.775. The molecule has 0 atom stereocenters. The molecule has 9 heteroatoms. The minimum absolute atomic E-state index is 0.118. The highest BCUT2D eigenvalue weighted by molar-refractivity contribution is 7.89. The largest absolute Gasteiger partial charge is 0.495 e. The first-order chi connectivity index (χ1) is 12.9. The summed E-state index contributed by atoms with van der Waals surface area (Å²) in [6.45, 7) is 2.69. The zero-order valence-electron chi connectivity index (χ0n) is 15.4. The number of aromatic nitrogens is 2. The molecule has 0 unspecified atom stereocenters. The van der Waals surface area contributed by atoms with Gasteiger partial charge in [-0.3, -0.25) is 4.90 Å². The molecule has 1 aromatic carbocycles. The fraction of sp³-hybridized carbons (Fsp3) is 0.500. The minimum atomic E-state index is -3.69. The molecule has 2 aliphatic heterocycles. The van der Waals surface area contributed by atoms with Crippen molar-refractivity contribution in [2.24, 2.45) is 0 Å². The van der Waals surface area contributed by atoms with E-state index in [2.05, 4.69) is 21.5 Å². The van der Waals surface area contributed by atoms with Gasteiger partial charge in [-0.25, -0.2) is 13.4 Å². The topological polar surface area (TPSA) is 67.7 Å². The number of halogens is 1. The lowest BCUT2D eigenvalue weighted by Crippen LogP contribution is -2.56. The van der Waals surface area contributed by atoms with Crippen molar-refractivity contribution in [2.75, 3.05) is 33.8 Å². The van der Waals surface area contributed by atoms with Gasteiger partial charge in [0.1, 0.15) is 16.5 Å². The second kappa shape index (κ2) is 6.77. The smallest absolute Gasteiger partial charge is 0.246 e. The predicted octanol–water partition coefficient (Wildman–Crippen LogP) is 2.17. The summed E-state index contributed by atoms with van der Waals surface area (Å²) < 4.78 is 35.4. The highest BCUT2D eigenvalue weighted by atomic mass is 35.5. The summed E-state index contributed by atoms with van der Waals surface area (Å²) in [5.74, 6) is 1.35. The number of likely N-dealkylation sites (N-methyl/N-ethyl adjacent to an activating group) is 1. The van der Waals surface area contributed by atoms with Crippen LogP contribution in [0.1, 0.15) is 18.7 Å². The number of benzene rings is 1. The van der Waals surface area contributed by atoms with Crippen LogP contribution in [-0.2, 0) is 22.1 Å². The average Bonchev–Trinajstić information content (AvgIpc) is 3.15. The van der Waals surface area contributed by atoms with E-state index in [0.717, 1.165) is 18.9 Å². The van der Waals surface area contributed by atoms with Gasteiger partial charge < -0.3 is 9.30 Å². The first-order valence-electron chi connectivity index (χ1n) is 8.95.